The quantitative estimate of drug-likeness (QED) is 0.878. The molecule has 1 aliphatic rings. The highest BCUT2D eigenvalue weighted by molar-refractivity contribution is 6.35. The predicted octanol–water partition coefficient (Wildman–Crippen LogP) is 2.04. The van der Waals surface area contributed by atoms with E-state index >= 15 is 0 Å². The fourth-order valence-corrected chi connectivity index (χ4v) is 3.22. The number of amides is 2. The fourth-order valence-electron chi connectivity index (χ4n) is 2.85. The molecule has 1 atom stereocenters. The van der Waals surface area contributed by atoms with Gasteiger partial charge in [-0.05, 0) is 31.0 Å². The van der Waals surface area contributed by atoms with Crippen molar-refractivity contribution in [3.63, 3.8) is 0 Å². The van der Waals surface area contributed by atoms with Gasteiger partial charge in [-0.15, -0.1) is 10.2 Å². The summed E-state index contributed by atoms with van der Waals surface area (Å²) in [4.78, 5) is 26.9. The zero-order chi connectivity index (χ0) is 18.0. The van der Waals surface area contributed by atoms with Crippen molar-refractivity contribution in [1.29, 1.82) is 0 Å². The van der Waals surface area contributed by atoms with Gasteiger partial charge in [0.25, 0.3) is 5.91 Å². The van der Waals surface area contributed by atoms with Crippen LogP contribution in [0, 0.1) is 0 Å². The van der Waals surface area contributed by atoms with Gasteiger partial charge in [-0.1, -0.05) is 23.2 Å². The Morgan fingerprint density at radius 1 is 1.36 bits per heavy atom. The Hall–Kier alpha value is -2.12. The molecule has 2 heterocycles. The van der Waals surface area contributed by atoms with E-state index in [1.54, 1.807) is 35.0 Å². The van der Waals surface area contributed by atoms with Crippen LogP contribution in [0.3, 0.4) is 0 Å². The molecule has 0 saturated carbocycles. The molecule has 1 N–H and O–H groups in total. The molecule has 0 bridgehead atoms. The van der Waals surface area contributed by atoms with E-state index < -0.39 is 6.04 Å². The first kappa shape index (κ1) is 17.7. The van der Waals surface area contributed by atoms with Crippen molar-refractivity contribution in [1.82, 2.24) is 25.0 Å². The topological polar surface area (TPSA) is 80.1 Å². The van der Waals surface area contributed by atoms with Gasteiger partial charge in [0.2, 0.25) is 5.91 Å². The van der Waals surface area contributed by atoms with E-state index in [1.807, 2.05) is 0 Å². The lowest BCUT2D eigenvalue weighted by molar-refractivity contribution is -0.125. The van der Waals surface area contributed by atoms with Crippen LogP contribution < -0.4 is 5.32 Å². The molecular formula is C16H17Cl2N5O2. The number of carbonyl (C=O) groups is 2. The van der Waals surface area contributed by atoms with Crippen molar-refractivity contribution in [2.75, 3.05) is 6.54 Å². The number of aryl methyl sites for hydroxylation is 1. The molecule has 0 radical (unpaired) electrons. The smallest absolute Gasteiger partial charge is 0.256 e. The van der Waals surface area contributed by atoms with Crippen molar-refractivity contribution in [3.05, 3.63) is 46.0 Å². The third-order valence-corrected chi connectivity index (χ3v) is 4.77. The maximum Gasteiger partial charge on any atom is 0.256 e. The standard InChI is InChI=1S/C16H17Cl2N5O2/c1-22-9-20-21-14(22)8-19-15(24)13-3-2-6-23(13)16(25)11-7-10(17)4-5-12(11)18/h4-5,7,9,13H,2-3,6,8H2,1H3,(H,19,24). The summed E-state index contributed by atoms with van der Waals surface area (Å²) in [7, 11) is 1.80. The van der Waals surface area contributed by atoms with E-state index in [9.17, 15) is 9.59 Å². The number of carbonyl (C=O) groups excluding carboxylic acids is 2. The third kappa shape index (κ3) is 3.77. The number of hydrogen-bond acceptors (Lipinski definition) is 4. The van der Waals surface area contributed by atoms with Gasteiger partial charge >= 0.3 is 0 Å². The molecule has 0 aliphatic carbocycles. The molecule has 9 heteroatoms. The number of halogens is 2. The van der Waals surface area contributed by atoms with Crippen LogP contribution in [0.5, 0.6) is 0 Å². The zero-order valence-electron chi connectivity index (χ0n) is 13.6. The van der Waals surface area contributed by atoms with Crippen molar-refractivity contribution >= 4 is 35.0 Å². The first-order valence-electron chi connectivity index (χ1n) is 7.84. The molecule has 7 nitrogen and oxygen atoms in total. The van der Waals surface area contributed by atoms with Gasteiger partial charge in [-0.3, -0.25) is 9.59 Å². The molecule has 2 amide bonds. The molecule has 1 aromatic heterocycles. The van der Waals surface area contributed by atoms with Crippen LogP contribution in [-0.4, -0.2) is 44.1 Å². The third-order valence-electron chi connectivity index (χ3n) is 4.20. The molecule has 1 aliphatic heterocycles. The Balaban J connectivity index is 1.71. The summed E-state index contributed by atoms with van der Waals surface area (Å²) in [6, 6.07) is 4.20. The van der Waals surface area contributed by atoms with Gasteiger partial charge in [0.15, 0.2) is 5.82 Å². The summed E-state index contributed by atoms with van der Waals surface area (Å²) < 4.78 is 1.73. The Kier molecular flexibility index (Phi) is 5.24. The van der Waals surface area contributed by atoms with Crippen molar-refractivity contribution < 1.29 is 9.59 Å². The SMILES string of the molecule is Cn1cnnc1CNC(=O)C1CCCN1C(=O)c1cc(Cl)ccc1Cl. The monoisotopic (exact) mass is 381 g/mol. The van der Waals surface area contributed by atoms with Gasteiger partial charge in [-0.2, -0.15) is 0 Å². The maximum atomic E-state index is 12.8. The first-order chi connectivity index (χ1) is 12.0. The Bertz CT molecular complexity index is 808. The van der Waals surface area contributed by atoms with Gasteiger partial charge in [0.1, 0.15) is 12.4 Å². The normalized spacial score (nSPS) is 16.9. The number of aromatic nitrogens is 3. The molecule has 1 fully saturated rings. The summed E-state index contributed by atoms with van der Waals surface area (Å²) >= 11 is 12.1. The molecule has 1 saturated heterocycles. The van der Waals surface area contributed by atoms with Crippen LogP contribution in [-0.2, 0) is 18.4 Å². The highest BCUT2D eigenvalue weighted by Crippen LogP contribution is 2.26. The number of nitrogens with one attached hydrogen (secondary N) is 1. The Morgan fingerprint density at radius 2 is 2.16 bits per heavy atom. The summed E-state index contributed by atoms with van der Waals surface area (Å²) in [5.74, 6) is 0.137. The van der Waals surface area contributed by atoms with Crippen LogP contribution in [0.2, 0.25) is 10.0 Å². The predicted molar refractivity (Wildman–Crippen MR) is 93.4 cm³/mol. The van der Waals surface area contributed by atoms with Crippen LogP contribution in [0.4, 0.5) is 0 Å². The van der Waals surface area contributed by atoms with Gasteiger partial charge in [-0.25, -0.2) is 0 Å². The van der Waals surface area contributed by atoms with E-state index in [1.165, 1.54) is 6.07 Å². The second-order valence-electron chi connectivity index (χ2n) is 5.86. The minimum absolute atomic E-state index is 0.216. The molecule has 1 aromatic carbocycles. The Labute approximate surface area is 154 Å². The molecule has 1 unspecified atom stereocenters. The number of nitrogens with zero attached hydrogens (tertiary/aromatic N) is 4. The molecule has 0 spiro atoms. The zero-order valence-corrected chi connectivity index (χ0v) is 15.1. The van der Waals surface area contributed by atoms with Crippen molar-refractivity contribution in [2.24, 2.45) is 7.05 Å². The maximum absolute atomic E-state index is 12.8. The number of hydrogen-bond donors (Lipinski definition) is 1. The van der Waals surface area contributed by atoms with Gasteiger partial charge in [0, 0.05) is 18.6 Å². The van der Waals surface area contributed by atoms with Crippen LogP contribution >= 0.6 is 23.2 Å². The number of rotatable bonds is 4. The van der Waals surface area contributed by atoms with E-state index in [0.717, 1.165) is 6.42 Å². The van der Waals surface area contributed by atoms with Gasteiger partial charge in [0.05, 0.1) is 17.1 Å². The minimum atomic E-state index is -0.532. The van der Waals surface area contributed by atoms with Crippen LogP contribution in [0.15, 0.2) is 24.5 Å². The van der Waals surface area contributed by atoms with Crippen molar-refractivity contribution in [3.8, 4) is 0 Å². The molecule has 3 rings (SSSR count). The lowest BCUT2D eigenvalue weighted by atomic mass is 10.1. The number of benzene rings is 1. The van der Waals surface area contributed by atoms with Crippen LogP contribution in [0.1, 0.15) is 29.0 Å². The van der Waals surface area contributed by atoms with Crippen LogP contribution in [0.25, 0.3) is 0 Å². The van der Waals surface area contributed by atoms with Gasteiger partial charge < -0.3 is 14.8 Å². The molecule has 25 heavy (non-hydrogen) atoms. The molecule has 132 valence electrons. The lowest BCUT2D eigenvalue weighted by Crippen LogP contribution is -2.46. The second kappa shape index (κ2) is 7.41. The van der Waals surface area contributed by atoms with E-state index in [0.29, 0.717) is 34.4 Å². The van der Waals surface area contributed by atoms with E-state index in [-0.39, 0.29) is 18.4 Å². The summed E-state index contributed by atoms with van der Waals surface area (Å²) in [6.07, 6.45) is 2.93. The highest BCUT2D eigenvalue weighted by Gasteiger charge is 2.35. The lowest BCUT2D eigenvalue weighted by Gasteiger charge is -2.24. The largest absolute Gasteiger partial charge is 0.347 e. The average Bonchev–Trinajstić information content (AvgIpc) is 3.23. The Morgan fingerprint density at radius 3 is 2.88 bits per heavy atom. The first-order valence-corrected chi connectivity index (χ1v) is 8.59. The summed E-state index contributed by atoms with van der Waals surface area (Å²) in [5.41, 5.74) is 0.308. The highest BCUT2D eigenvalue weighted by atomic mass is 35.5. The molecule has 2 aromatic rings. The minimum Gasteiger partial charge on any atom is -0.347 e. The summed E-state index contributed by atoms with van der Waals surface area (Å²) in [5, 5.41) is 11.3. The average molecular weight is 382 g/mol. The number of likely N-dealkylation sites (tertiary alicyclic amines) is 1. The summed E-state index contributed by atoms with van der Waals surface area (Å²) in [6.45, 7) is 0.759. The van der Waals surface area contributed by atoms with E-state index in [2.05, 4.69) is 15.5 Å². The second-order valence-corrected chi connectivity index (χ2v) is 6.70. The van der Waals surface area contributed by atoms with Crippen molar-refractivity contribution in [2.45, 2.75) is 25.4 Å². The van der Waals surface area contributed by atoms with E-state index in [4.69, 9.17) is 23.2 Å². The fraction of sp³-hybridized carbons (Fsp3) is 0.375. The molecular weight excluding hydrogens is 365 g/mol.